The highest BCUT2D eigenvalue weighted by Gasteiger charge is 2.43. The van der Waals surface area contributed by atoms with Gasteiger partial charge >= 0.3 is 12.3 Å². The van der Waals surface area contributed by atoms with E-state index in [1.54, 1.807) is 48.5 Å². The lowest BCUT2D eigenvalue weighted by atomic mass is 10.0. The van der Waals surface area contributed by atoms with Gasteiger partial charge in [0.25, 0.3) is 11.3 Å². The molecule has 11 heteroatoms. The topological polar surface area (TPSA) is 106 Å². The lowest BCUT2D eigenvalue weighted by Crippen LogP contribution is -2.49. The number of rotatable bonds is 9. The van der Waals surface area contributed by atoms with Crippen molar-refractivity contribution in [2.24, 2.45) is 0 Å². The number of ether oxygens (including phenoxy) is 1. The first-order chi connectivity index (χ1) is 17.1. The average Bonchev–Trinajstić information content (AvgIpc) is 2.85. The van der Waals surface area contributed by atoms with Gasteiger partial charge in [-0.25, -0.2) is 4.79 Å². The smallest absolute Gasteiger partial charge is 0.444 e. The number of aromatic nitrogens is 1. The molecule has 1 atom stereocenters. The van der Waals surface area contributed by atoms with Crippen molar-refractivity contribution in [3.05, 3.63) is 100 Å². The zero-order valence-corrected chi connectivity index (χ0v) is 18.8. The number of hydrogen-bond acceptors (Lipinski definition) is 5. The summed E-state index contributed by atoms with van der Waals surface area (Å²) in [6.45, 7) is -0.712. The molecular formula is C25H22F3N3O5. The molecule has 0 spiro atoms. The summed E-state index contributed by atoms with van der Waals surface area (Å²) in [4.78, 5) is 49.1. The van der Waals surface area contributed by atoms with E-state index in [0.717, 1.165) is 10.1 Å². The first-order valence-corrected chi connectivity index (χ1v) is 10.7. The SMILES string of the molecule is O=C(Cn1cccc(NC(=O)OCc2ccccc2)c1=O)NC(Cc1ccccc1)C(=O)C(F)(F)F. The van der Waals surface area contributed by atoms with Crippen molar-refractivity contribution < 1.29 is 32.3 Å². The molecule has 0 aliphatic rings. The molecule has 0 bridgehead atoms. The fourth-order valence-corrected chi connectivity index (χ4v) is 3.28. The third-order valence-electron chi connectivity index (χ3n) is 5.00. The van der Waals surface area contributed by atoms with Crippen LogP contribution in [0.15, 0.2) is 83.8 Å². The minimum Gasteiger partial charge on any atom is -0.444 e. The van der Waals surface area contributed by atoms with Crippen LogP contribution in [-0.2, 0) is 33.9 Å². The Labute approximate surface area is 203 Å². The van der Waals surface area contributed by atoms with Gasteiger partial charge in [0.2, 0.25) is 5.91 Å². The van der Waals surface area contributed by atoms with E-state index in [2.05, 4.69) is 10.6 Å². The van der Waals surface area contributed by atoms with Crippen molar-refractivity contribution in [3.63, 3.8) is 0 Å². The monoisotopic (exact) mass is 501 g/mol. The summed E-state index contributed by atoms with van der Waals surface area (Å²) in [5.74, 6) is -3.09. The van der Waals surface area contributed by atoms with E-state index < -0.39 is 42.1 Å². The Bertz CT molecular complexity index is 1260. The van der Waals surface area contributed by atoms with Crippen LogP contribution in [0.25, 0.3) is 0 Å². The van der Waals surface area contributed by atoms with Crippen LogP contribution in [0, 0.1) is 0 Å². The Hall–Kier alpha value is -4.41. The van der Waals surface area contributed by atoms with Gasteiger partial charge in [0.05, 0.1) is 0 Å². The summed E-state index contributed by atoms with van der Waals surface area (Å²) in [7, 11) is 0. The molecule has 3 rings (SSSR count). The second kappa shape index (κ2) is 11.8. The molecule has 0 aliphatic heterocycles. The normalized spacial score (nSPS) is 11.9. The second-order valence-electron chi connectivity index (χ2n) is 7.71. The average molecular weight is 501 g/mol. The van der Waals surface area contributed by atoms with E-state index >= 15 is 0 Å². The number of carbonyl (C=O) groups excluding carboxylic acids is 3. The maximum absolute atomic E-state index is 13.1. The minimum atomic E-state index is -5.16. The van der Waals surface area contributed by atoms with Gasteiger partial charge in [-0.1, -0.05) is 60.7 Å². The van der Waals surface area contributed by atoms with Gasteiger partial charge in [-0.2, -0.15) is 13.2 Å². The molecule has 188 valence electrons. The molecule has 1 aromatic heterocycles. The summed E-state index contributed by atoms with van der Waals surface area (Å²) < 4.78 is 45.2. The number of pyridine rings is 1. The third-order valence-corrected chi connectivity index (χ3v) is 5.00. The minimum absolute atomic E-state index is 0.0356. The molecule has 0 fully saturated rings. The predicted molar refractivity (Wildman–Crippen MR) is 124 cm³/mol. The number of nitrogens with one attached hydrogen (secondary N) is 2. The summed E-state index contributed by atoms with van der Waals surface area (Å²) in [6, 6.07) is 17.5. The molecule has 0 radical (unpaired) electrons. The first kappa shape index (κ1) is 26.2. The predicted octanol–water partition coefficient (Wildman–Crippen LogP) is 3.46. The zero-order valence-electron chi connectivity index (χ0n) is 18.8. The fraction of sp³-hybridized carbons (Fsp3) is 0.200. The van der Waals surface area contributed by atoms with E-state index in [4.69, 9.17) is 4.74 Å². The number of benzene rings is 2. The Morgan fingerprint density at radius 3 is 2.11 bits per heavy atom. The second-order valence-corrected chi connectivity index (χ2v) is 7.71. The van der Waals surface area contributed by atoms with Gasteiger partial charge in [-0.05, 0) is 23.3 Å². The standard InChI is InChI=1S/C25H22F3N3O5/c26-25(27,28)22(33)20(14-17-8-3-1-4-9-17)29-21(32)15-31-13-7-12-19(23(31)34)30-24(35)36-16-18-10-5-2-6-11-18/h1-13,20H,14-16H2,(H,29,32)(H,30,35). The summed E-state index contributed by atoms with van der Waals surface area (Å²) >= 11 is 0. The van der Waals surface area contributed by atoms with E-state index in [1.165, 1.54) is 30.5 Å². The number of amides is 2. The van der Waals surface area contributed by atoms with Crippen LogP contribution in [-0.4, -0.2) is 34.6 Å². The molecule has 1 unspecified atom stereocenters. The molecule has 3 aromatic rings. The van der Waals surface area contributed by atoms with Crippen molar-refractivity contribution >= 4 is 23.5 Å². The number of hydrogen-bond donors (Lipinski definition) is 2. The molecule has 2 amide bonds. The lowest BCUT2D eigenvalue weighted by molar-refractivity contribution is -0.173. The molecular weight excluding hydrogens is 479 g/mol. The summed E-state index contributed by atoms with van der Waals surface area (Å²) in [5, 5.41) is 4.34. The highest BCUT2D eigenvalue weighted by molar-refractivity contribution is 5.93. The van der Waals surface area contributed by atoms with Gasteiger partial charge in [-0.3, -0.25) is 19.7 Å². The molecule has 1 heterocycles. The molecule has 2 N–H and O–H groups in total. The van der Waals surface area contributed by atoms with Crippen molar-refractivity contribution in [3.8, 4) is 0 Å². The number of anilines is 1. The quantitative estimate of drug-likeness (QED) is 0.467. The maximum Gasteiger partial charge on any atom is 0.452 e. The summed E-state index contributed by atoms with van der Waals surface area (Å²) in [6.07, 6.45) is -5.22. The van der Waals surface area contributed by atoms with Gasteiger partial charge in [0, 0.05) is 12.6 Å². The number of Topliss-reactive ketones (excluding diaryl/α,β-unsaturated/α-hetero) is 1. The number of nitrogens with zero attached hydrogens (tertiary/aromatic N) is 1. The molecule has 2 aromatic carbocycles. The Kier molecular flexibility index (Phi) is 8.61. The van der Waals surface area contributed by atoms with E-state index in [9.17, 15) is 32.3 Å². The highest BCUT2D eigenvalue weighted by Crippen LogP contribution is 2.20. The Morgan fingerprint density at radius 2 is 1.50 bits per heavy atom. The van der Waals surface area contributed by atoms with E-state index in [0.29, 0.717) is 5.56 Å². The van der Waals surface area contributed by atoms with Crippen molar-refractivity contribution in [1.29, 1.82) is 0 Å². The van der Waals surface area contributed by atoms with E-state index in [1.807, 2.05) is 0 Å². The van der Waals surface area contributed by atoms with Gasteiger partial charge in [-0.15, -0.1) is 0 Å². The number of halogens is 3. The van der Waals surface area contributed by atoms with Crippen molar-refractivity contribution in [1.82, 2.24) is 9.88 Å². The van der Waals surface area contributed by atoms with Gasteiger partial charge in [0.1, 0.15) is 24.9 Å². The fourth-order valence-electron chi connectivity index (χ4n) is 3.28. The van der Waals surface area contributed by atoms with Crippen molar-refractivity contribution in [2.75, 3.05) is 5.32 Å². The van der Waals surface area contributed by atoms with Gasteiger partial charge in [0.15, 0.2) is 0 Å². The zero-order chi connectivity index (χ0) is 26.1. The maximum atomic E-state index is 13.1. The van der Waals surface area contributed by atoms with E-state index in [-0.39, 0.29) is 18.7 Å². The van der Waals surface area contributed by atoms with Crippen LogP contribution in [0.2, 0.25) is 0 Å². The van der Waals surface area contributed by atoms with Crippen LogP contribution in [0.5, 0.6) is 0 Å². The van der Waals surface area contributed by atoms with Crippen LogP contribution in [0.4, 0.5) is 23.7 Å². The Morgan fingerprint density at radius 1 is 0.889 bits per heavy atom. The lowest BCUT2D eigenvalue weighted by Gasteiger charge is -2.19. The third kappa shape index (κ3) is 7.55. The molecule has 8 nitrogen and oxygen atoms in total. The molecule has 0 saturated heterocycles. The number of carbonyl (C=O) groups is 3. The van der Waals surface area contributed by atoms with Gasteiger partial charge < -0.3 is 14.6 Å². The summed E-state index contributed by atoms with van der Waals surface area (Å²) in [5.41, 5.74) is 0.160. The van der Waals surface area contributed by atoms with Crippen LogP contribution in [0.1, 0.15) is 11.1 Å². The van der Waals surface area contributed by atoms with Crippen molar-refractivity contribution in [2.45, 2.75) is 31.8 Å². The van der Waals surface area contributed by atoms with Crippen LogP contribution in [0.3, 0.4) is 0 Å². The molecule has 0 saturated carbocycles. The largest absolute Gasteiger partial charge is 0.452 e. The number of alkyl halides is 3. The highest BCUT2D eigenvalue weighted by atomic mass is 19.4. The molecule has 0 aliphatic carbocycles. The Balaban J connectivity index is 1.66. The molecule has 36 heavy (non-hydrogen) atoms. The van der Waals surface area contributed by atoms with Crippen LogP contribution >= 0.6 is 0 Å². The first-order valence-electron chi connectivity index (χ1n) is 10.7. The number of ketones is 1. The van der Waals surface area contributed by atoms with Crippen LogP contribution < -0.4 is 16.2 Å².